The van der Waals surface area contributed by atoms with Crippen LogP contribution in [0.4, 0.5) is 0 Å². The van der Waals surface area contributed by atoms with Crippen LogP contribution in [0.3, 0.4) is 0 Å². The van der Waals surface area contributed by atoms with Gasteiger partial charge in [-0.25, -0.2) is 0 Å². The van der Waals surface area contributed by atoms with Gasteiger partial charge in [-0.05, 0) is 19.8 Å². The number of thioether (sulfide) groups is 1. The van der Waals surface area contributed by atoms with E-state index >= 15 is 0 Å². The van der Waals surface area contributed by atoms with E-state index < -0.39 is 0 Å². The predicted octanol–water partition coefficient (Wildman–Crippen LogP) is 1.76. The number of hydrogen-bond donors (Lipinski definition) is 1. The van der Waals surface area contributed by atoms with Crippen LogP contribution in [0.5, 0.6) is 0 Å². The second-order valence-electron chi connectivity index (χ2n) is 3.03. The zero-order valence-electron chi connectivity index (χ0n) is 6.21. The molecule has 1 N–H and O–H groups in total. The third-order valence-corrected chi connectivity index (χ3v) is 3.62. The Kier molecular flexibility index (Phi) is 1.75. The van der Waals surface area contributed by atoms with Crippen LogP contribution < -0.4 is 5.32 Å². The summed E-state index contributed by atoms with van der Waals surface area (Å²) in [4.78, 5) is 0. The fourth-order valence-electron chi connectivity index (χ4n) is 1.72. The second kappa shape index (κ2) is 2.59. The largest absolute Gasteiger partial charge is 0.301 e. The molecule has 2 aliphatic rings. The molecule has 0 aromatic heterocycles. The summed E-state index contributed by atoms with van der Waals surface area (Å²) in [6, 6.07) is 0.769. The van der Waals surface area contributed by atoms with Gasteiger partial charge in [0.2, 0.25) is 0 Å². The Balaban J connectivity index is 2.05. The van der Waals surface area contributed by atoms with Crippen molar-refractivity contribution in [3.8, 4) is 0 Å². The first-order chi connectivity index (χ1) is 4.86. The average Bonchev–Trinajstić information content (AvgIpc) is 2.27. The minimum absolute atomic E-state index is 0.676. The molecule has 3 atom stereocenters. The highest BCUT2D eigenvalue weighted by molar-refractivity contribution is 8.00. The van der Waals surface area contributed by atoms with Gasteiger partial charge in [0.15, 0.2) is 0 Å². The summed E-state index contributed by atoms with van der Waals surface area (Å²) in [5, 5.41) is 5.10. The number of nitrogens with one attached hydrogen (secondary N) is 1. The maximum absolute atomic E-state index is 3.57. The first-order valence-corrected chi connectivity index (χ1v) is 4.87. The molecule has 0 amide bonds. The maximum Gasteiger partial charge on any atom is 0.0509 e. The molecular weight excluding hydrogens is 142 g/mol. The van der Waals surface area contributed by atoms with Crippen LogP contribution in [0.15, 0.2) is 12.2 Å². The maximum atomic E-state index is 3.57. The van der Waals surface area contributed by atoms with Crippen LogP contribution in [-0.2, 0) is 0 Å². The van der Waals surface area contributed by atoms with Crippen molar-refractivity contribution >= 4 is 11.8 Å². The number of fused-ring (bicyclic) bond motifs is 1. The van der Waals surface area contributed by atoms with E-state index in [2.05, 4.69) is 36.2 Å². The molecule has 1 aliphatic carbocycles. The van der Waals surface area contributed by atoms with Gasteiger partial charge < -0.3 is 5.32 Å². The molecule has 1 aliphatic heterocycles. The van der Waals surface area contributed by atoms with Crippen LogP contribution in [-0.4, -0.2) is 16.7 Å². The lowest BCUT2D eigenvalue weighted by atomic mass is 10.0. The van der Waals surface area contributed by atoms with E-state index in [0.29, 0.717) is 5.37 Å². The Morgan fingerprint density at radius 1 is 1.40 bits per heavy atom. The van der Waals surface area contributed by atoms with Crippen LogP contribution in [0.25, 0.3) is 0 Å². The van der Waals surface area contributed by atoms with Gasteiger partial charge in [-0.2, -0.15) is 0 Å². The third-order valence-electron chi connectivity index (χ3n) is 2.20. The molecular formula is C8H13NS. The fraction of sp³-hybridized carbons (Fsp3) is 0.750. The summed E-state index contributed by atoms with van der Waals surface area (Å²) in [5.74, 6) is 0. The fourth-order valence-corrected chi connectivity index (χ4v) is 3.10. The molecule has 1 nitrogen and oxygen atoms in total. The van der Waals surface area contributed by atoms with E-state index in [-0.39, 0.29) is 0 Å². The van der Waals surface area contributed by atoms with Crippen molar-refractivity contribution in [3.63, 3.8) is 0 Å². The van der Waals surface area contributed by atoms with Crippen molar-refractivity contribution in [1.82, 2.24) is 5.32 Å². The summed E-state index contributed by atoms with van der Waals surface area (Å²) in [6.07, 6.45) is 7.12. The molecule has 2 unspecified atom stereocenters. The quantitative estimate of drug-likeness (QED) is 0.535. The van der Waals surface area contributed by atoms with E-state index in [4.69, 9.17) is 0 Å². The lowest BCUT2D eigenvalue weighted by Crippen LogP contribution is -2.32. The molecule has 1 heterocycles. The van der Waals surface area contributed by atoms with Crippen molar-refractivity contribution in [1.29, 1.82) is 0 Å². The third kappa shape index (κ3) is 1.10. The van der Waals surface area contributed by atoms with Gasteiger partial charge in [-0.3, -0.25) is 0 Å². The van der Waals surface area contributed by atoms with Gasteiger partial charge in [0.05, 0.1) is 5.37 Å². The van der Waals surface area contributed by atoms with Crippen molar-refractivity contribution in [2.45, 2.75) is 36.4 Å². The van der Waals surface area contributed by atoms with Gasteiger partial charge in [0, 0.05) is 11.3 Å². The first-order valence-electron chi connectivity index (χ1n) is 3.93. The van der Waals surface area contributed by atoms with Gasteiger partial charge in [-0.15, -0.1) is 11.8 Å². The topological polar surface area (TPSA) is 12.0 Å². The summed E-state index contributed by atoms with van der Waals surface area (Å²) in [7, 11) is 0. The molecule has 10 heavy (non-hydrogen) atoms. The highest BCUT2D eigenvalue weighted by Gasteiger charge is 2.31. The van der Waals surface area contributed by atoms with Crippen LogP contribution in [0.1, 0.15) is 19.8 Å². The first kappa shape index (κ1) is 6.74. The summed E-state index contributed by atoms with van der Waals surface area (Å²) >= 11 is 2.09. The summed E-state index contributed by atoms with van der Waals surface area (Å²) in [6.45, 7) is 2.25. The molecule has 0 saturated carbocycles. The van der Waals surface area contributed by atoms with Gasteiger partial charge in [0.1, 0.15) is 0 Å². The highest BCUT2D eigenvalue weighted by Crippen LogP contribution is 2.33. The molecule has 2 heteroatoms. The number of rotatable bonds is 0. The SMILES string of the molecule is CC1N[C@@H]2CC=CCC2S1. The van der Waals surface area contributed by atoms with E-state index in [1.54, 1.807) is 0 Å². The monoisotopic (exact) mass is 155 g/mol. The van der Waals surface area contributed by atoms with Crippen molar-refractivity contribution in [2.24, 2.45) is 0 Å². The minimum Gasteiger partial charge on any atom is -0.301 e. The number of hydrogen-bond acceptors (Lipinski definition) is 2. The molecule has 0 spiro atoms. The Morgan fingerprint density at radius 2 is 2.20 bits per heavy atom. The van der Waals surface area contributed by atoms with E-state index in [0.717, 1.165) is 11.3 Å². The van der Waals surface area contributed by atoms with Gasteiger partial charge in [-0.1, -0.05) is 12.2 Å². The van der Waals surface area contributed by atoms with Crippen LogP contribution in [0, 0.1) is 0 Å². The Morgan fingerprint density at radius 3 is 3.00 bits per heavy atom. The average molecular weight is 155 g/mol. The van der Waals surface area contributed by atoms with Crippen molar-refractivity contribution < 1.29 is 0 Å². The zero-order chi connectivity index (χ0) is 6.97. The van der Waals surface area contributed by atoms with E-state index in [9.17, 15) is 0 Å². The molecule has 1 fully saturated rings. The predicted molar refractivity (Wildman–Crippen MR) is 46.1 cm³/mol. The summed E-state index contributed by atoms with van der Waals surface area (Å²) < 4.78 is 0. The van der Waals surface area contributed by atoms with Crippen LogP contribution >= 0.6 is 11.8 Å². The lowest BCUT2D eigenvalue weighted by Gasteiger charge is -2.18. The molecule has 0 radical (unpaired) electrons. The number of allylic oxidation sites excluding steroid dienone is 1. The smallest absolute Gasteiger partial charge is 0.0509 e. The van der Waals surface area contributed by atoms with Gasteiger partial charge in [0.25, 0.3) is 0 Å². The Bertz CT molecular complexity index is 139. The van der Waals surface area contributed by atoms with E-state index in [1.165, 1.54) is 12.8 Å². The lowest BCUT2D eigenvalue weighted by molar-refractivity contribution is 0.518. The minimum atomic E-state index is 0.676. The Hall–Kier alpha value is 0.0500. The second-order valence-corrected chi connectivity index (χ2v) is 4.62. The molecule has 1 saturated heterocycles. The normalized spacial score (nSPS) is 45.5. The molecule has 2 rings (SSSR count). The van der Waals surface area contributed by atoms with E-state index in [1.807, 2.05) is 0 Å². The molecule has 0 aromatic rings. The highest BCUT2D eigenvalue weighted by atomic mass is 32.2. The summed E-state index contributed by atoms with van der Waals surface area (Å²) in [5.41, 5.74) is 0. The standard InChI is InChI=1S/C8H13NS/c1-6-9-7-4-2-3-5-8(7)10-6/h2-3,6-9H,4-5H2,1H3/t6?,7-,8?/m1/s1. The zero-order valence-corrected chi connectivity index (χ0v) is 7.03. The van der Waals surface area contributed by atoms with Crippen LogP contribution in [0.2, 0.25) is 0 Å². The molecule has 0 bridgehead atoms. The van der Waals surface area contributed by atoms with Crippen molar-refractivity contribution in [2.75, 3.05) is 0 Å². The van der Waals surface area contributed by atoms with Crippen molar-refractivity contribution in [3.05, 3.63) is 12.2 Å². The Labute approximate surface area is 66.3 Å². The van der Waals surface area contributed by atoms with Gasteiger partial charge >= 0.3 is 0 Å². The molecule has 56 valence electrons. The molecule has 0 aromatic carbocycles.